The van der Waals surface area contributed by atoms with Crippen LogP contribution in [-0.4, -0.2) is 36.2 Å². The Morgan fingerprint density at radius 3 is 2.83 bits per heavy atom. The van der Waals surface area contributed by atoms with Gasteiger partial charge in [0, 0.05) is 26.1 Å². The molecule has 1 amide bonds. The fourth-order valence-corrected chi connectivity index (χ4v) is 1.22. The monoisotopic (exact) mass is 194 g/mol. The van der Waals surface area contributed by atoms with Gasteiger partial charge in [-0.05, 0) is 6.42 Å². The first kappa shape index (κ1) is 11.7. The average molecular weight is 195 g/mol. The van der Waals surface area contributed by atoms with Crippen LogP contribution in [0.1, 0.15) is 13.3 Å². The van der Waals surface area contributed by atoms with Crippen molar-refractivity contribution in [2.75, 3.05) is 13.1 Å². The SMILES string of the molecule is CC(=O)NC[C@@H]1C[C@@H](O)CN1.Cl. The molecular weight excluding hydrogens is 180 g/mol. The molecule has 1 rings (SSSR count). The van der Waals surface area contributed by atoms with Crippen LogP contribution in [0.5, 0.6) is 0 Å². The van der Waals surface area contributed by atoms with Crippen LogP contribution in [0.4, 0.5) is 0 Å². The molecule has 1 saturated heterocycles. The fourth-order valence-electron chi connectivity index (χ4n) is 1.22. The lowest BCUT2D eigenvalue weighted by molar-refractivity contribution is -0.119. The molecule has 0 spiro atoms. The summed E-state index contributed by atoms with van der Waals surface area (Å²) < 4.78 is 0. The third kappa shape index (κ3) is 3.90. The van der Waals surface area contributed by atoms with E-state index in [2.05, 4.69) is 10.6 Å². The molecule has 0 bridgehead atoms. The Morgan fingerprint density at radius 2 is 2.42 bits per heavy atom. The maximum Gasteiger partial charge on any atom is 0.216 e. The zero-order valence-corrected chi connectivity index (χ0v) is 7.86. The number of hydrogen-bond donors (Lipinski definition) is 3. The molecule has 72 valence electrons. The van der Waals surface area contributed by atoms with E-state index in [4.69, 9.17) is 5.11 Å². The summed E-state index contributed by atoms with van der Waals surface area (Å²) in [5, 5.41) is 14.9. The summed E-state index contributed by atoms with van der Waals surface area (Å²) in [5.74, 6) is -0.0202. The number of amides is 1. The molecule has 0 aliphatic carbocycles. The van der Waals surface area contributed by atoms with Gasteiger partial charge in [0.2, 0.25) is 5.91 Å². The van der Waals surface area contributed by atoms with E-state index in [1.807, 2.05) is 0 Å². The zero-order valence-electron chi connectivity index (χ0n) is 7.04. The number of nitrogens with one attached hydrogen (secondary N) is 2. The van der Waals surface area contributed by atoms with Gasteiger partial charge >= 0.3 is 0 Å². The minimum Gasteiger partial charge on any atom is -0.392 e. The van der Waals surface area contributed by atoms with Gasteiger partial charge in [0.05, 0.1) is 6.10 Å². The summed E-state index contributed by atoms with van der Waals surface area (Å²) in [6.07, 6.45) is 0.494. The number of hydrogen-bond acceptors (Lipinski definition) is 3. The van der Waals surface area contributed by atoms with Gasteiger partial charge in [0.1, 0.15) is 0 Å². The first-order chi connectivity index (χ1) is 5.18. The molecule has 1 fully saturated rings. The second-order valence-electron chi connectivity index (χ2n) is 2.93. The van der Waals surface area contributed by atoms with Crippen LogP contribution in [0.3, 0.4) is 0 Å². The van der Waals surface area contributed by atoms with E-state index in [1.54, 1.807) is 0 Å². The zero-order chi connectivity index (χ0) is 8.27. The van der Waals surface area contributed by atoms with Gasteiger partial charge in [-0.15, -0.1) is 12.4 Å². The maximum absolute atomic E-state index is 10.5. The summed E-state index contributed by atoms with van der Waals surface area (Å²) in [5.41, 5.74) is 0. The largest absolute Gasteiger partial charge is 0.392 e. The predicted octanol–water partition coefficient (Wildman–Crippen LogP) is -0.733. The quantitative estimate of drug-likeness (QED) is 0.543. The Balaban J connectivity index is 0.00000121. The van der Waals surface area contributed by atoms with Gasteiger partial charge in [-0.3, -0.25) is 4.79 Å². The maximum atomic E-state index is 10.5. The molecule has 1 aliphatic heterocycles. The number of halogens is 1. The molecule has 0 aromatic rings. The van der Waals surface area contributed by atoms with Crippen molar-refractivity contribution < 1.29 is 9.90 Å². The first-order valence-electron chi connectivity index (χ1n) is 3.84. The lowest BCUT2D eigenvalue weighted by atomic mass is 10.2. The molecule has 0 radical (unpaired) electrons. The van der Waals surface area contributed by atoms with Crippen LogP contribution < -0.4 is 10.6 Å². The Kier molecular flexibility index (Phi) is 5.20. The van der Waals surface area contributed by atoms with E-state index >= 15 is 0 Å². The van der Waals surface area contributed by atoms with Gasteiger partial charge in [0.25, 0.3) is 0 Å². The highest BCUT2D eigenvalue weighted by molar-refractivity contribution is 5.85. The molecule has 12 heavy (non-hydrogen) atoms. The Labute approximate surface area is 78.1 Å². The molecule has 0 aromatic heterocycles. The van der Waals surface area contributed by atoms with E-state index in [1.165, 1.54) is 6.92 Å². The highest BCUT2D eigenvalue weighted by Crippen LogP contribution is 2.04. The standard InChI is InChI=1S/C7H14N2O2.ClH/c1-5(10)8-3-6-2-7(11)4-9-6;/h6-7,9,11H,2-4H2,1H3,(H,8,10);1H/t6-,7+;/m0./s1. The van der Waals surface area contributed by atoms with E-state index in [0.29, 0.717) is 13.1 Å². The van der Waals surface area contributed by atoms with Crippen LogP contribution in [0.2, 0.25) is 0 Å². The van der Waals surface area contributed by atoms with Crippen molar-refractivity contribution in [2.45, 2.75) is 25.5 Å². The van der Waals surface area contributed by atoms with Crippen LogP contribution in [0.25, 0.3) is 0 Å². The highest BCUT2D eigenvalue weighted by atomic mass is 35.5. The Bertz CT molecular complexity index is 154. The topological polar surface area (TPSA) is 61.4 Å². The second-order valence-corrected chi connectivity index (χ2v) is 2.93. The van der Waals surface area contributed by atoms with Crippen molar-refractivity contribution in [2.24, 2.45) is 0 Å². The predicted molar refractivity (Wildman–Crippen MR) is 48.3 cm³/mol. The van der Waals surface area contributed by atoms with E-state index in [-0.39, 0.29) is 30.5 Å². The molecule has 2 atom stereocenters. The van der Waals surface area contributed by atoms with Gasteiger partial charge in [0.15, 0.2) is 0 Å². The summed E-state index contributed by atoms with van der Waals surface area (Å²) in [6.45, 7) is 2.75. The molecular formula is C7H15ClN2O2. The van der Waals surface area contributed by atoms with Gasteiger partial charge in [-0.1, -0.05) is 0 Å². The summed E-state index contributed by atoms with van der Waals surface area (Å²) in [7, 11) is 0. The van der Waals surface area contributed by atoms with Gasteiger partial charge in [-0.2, -0.15) is 0 Å². The van der Waals surface area contributed by atoms with Crippen LogP contribution in [0.15, 0.2) is 0 Å². The van der Waals surface area contributed by atoms with Crippen molar-refractivity contribution in [3.63, 3.8) is 0 Å². The minimum atomic E-state index is -0.242. The molecule has 4 nitrogen and oxygen atoms in total. The van der Waals surface area contributed by atoms with Crippen LogP contribution in [0, 0.1) is 0 Å². The molecule has 0 saturated carbocycles. The molecule has 3 N–H and O–H groups in total. The molecule has 0 unspecified atom stereocenters. The number of carbonyl (C=O) groups is 1. The number of aliphatic hydroxyl groups excluding tert-OH is 1. The van der Waals surface area contributed by atoms with Crippen molar-refractivity contribution in [1.82, 2.24) is 10.6 Å². The van der Waals surface area contributed by atoms with Crippen molar-refractivity contribution in [3.05, 3.63) is 0 Å². The Morgan fingerprint density at radius 1 is 1.75 bits per heavy atom. The third-order valence-corrected chi connectivity index (χ3v) is 1.80. The molecule has 1 heterocycles. The minimum absolute atomic E-state index is 0. The number of β-amino-alcohol motifs (C(OH)–C–C–N with tert-alkyl or cyclic N) is 1. The number of aliphatic hydroxyl groups is 1. The van der Waals surface area contributed by atoms with Crippen molar-refractivity contribution in [1.29, 1.82) is 0 Å². The van der Waals surface area contributed by atoms with Gasteiger partial charge < -0.3 is 15.7 Å². The first-order valence-corrected chi connectivity index (χ1v) is 3.84. The summed E-state index contributed by atoms with van der Waals surface area (Å²) in [4.78, 5) is 10.5. The van der Waals surface area contributed by atoms with E-state index in [9.17, 15) is 4.79 Å². The molecule has 0 aromatic carbocycles. The molecule has 5 heteroatoms. The smallest absolute Gasteiger partial charge is 0.216 e. The average Bonchev–Trinajstić information content (AvgIpc) is 2.31. The Hall–Kier alpha value is -0.320. The normalized spacial score (nSPS) is 27.8. The molecule has 1 aliphatic rings. The van der Waals surface area contributed by atoms with E-state index in [0.717, 1.165) is 6.42 Å². The lowest BCUT2D eigenvalue weighted by Gasteiger charge is -2.09. The second kappa shape index (κ2) is 5.35. The highest BCUT2D eigenvalue weighted by Gasteiger charge is 2.21. The summed E-state index contributed by atoms with van der Waals surface area (Å²) in [6, 6.07) is 0.244. The van der Waals surface area contributed by atoms with Gasteiger partial charge in [-0.25, -0.2) is 0 Å². The summed E-state index contributed by atoms with van der Waals surface area (Å²) >= 11 is 0. The van der Waals surface area contributed by atoms with Crippen LogP contribution >= 0.6 is 12.4 Å². The van der Waals surface area contributed by atoms with E-state index < -0.39 is 0 Å². The van der Waals surface area contributed by atoms with Crippen molar-refractivity contribution in [3.8, 4) is 0 Å². The lowest BCUT2D eigenvalue weighted by Crippen LogP contribution is -2.35. The van der Waals surface area contributed by atoms with Crippen molar-refractivity contribution >= 4 is 18.3 Å². The van der Waals surface area contributed by atoms with Crippen LogP contribution in [-0.2, 0) is 4.79 Å². The fraction of sp³-hybridized carbons (Fsp3) is 0.857. The third-order valence-electron chi connectivity index (χ3n) is 1.80. The number of carbonyl (C=O) groups excluding carboxylic acids is 1. The number of rotatable bonds is 2.